The number of amides is 2. The smallest absolute Gasteiger partial charge is 0.307 e. The van der Waals surface area contributed by atoms with Gasteiger partial charge in [-0.3, -0.25) is 14.4 Å². The van der Waals surface area contributed by atoms with E-state index in [1.165, 1.54) is 0 Å². The summed E-state index contributed by atoms with van der Waals surface area (Å²) in [5, 5.41) is 15.1. The van der Waals surface area contributed by atoms with Crippen LogP contribution in [-0.2, 0) is 16.0 Å². The molecule has 152 valence electrons. The lowest BCUT2D eigenvalue weighted by Crippen LogP contribution is -2.36. The zero-order valence-electron chi connectivity index (χ0n) is 16.3. The molecule has 0 spiro atoms. The Hall–Kier alpha value is -3.15. The Bertz CT molecular complexity index is 866. The quantitative estimate of drug-likeness (QED) is 0.670. The molecule has 2 amide bonds. The van der Waals surface area contributed by atoms with Crippen LogP contribution in [0.25, 0.3) is 0 Å². The lowest BCUT2D eigenvalue weighted by molar-refractivity contribution is -0.147. The maximum atomic E-state index is 12.8. The predicted octanol–water partition coefficient (Wildman–Crippen LogP) is 3.49. The van der Waals surface area contributed by atoms with Crippen LogP contribution in [0.3, 0.4) is 0 Å². The summed E-state index contributed by atoms with van der Waals surface area (Å²) >= 11 is 0. The highest BCUT2D eigenvalue weighted by atomic mass is 16.4. The summed E-state index contributed by atoms with van der Waals surface area (Å²) in [5.41, 5.74) is 1.91. The van der Waals surface area contributed by atoms with Crippen molar-refractivity contribution in [2.75, 3.05) is 11.9 Å². The second-order valence-corrected chi connectivity index (χ2v) is 7.36. The van der Waals surface area contributed by atoms with E-state index < -0.39 is 17.8 Å². The van der Waals surface area contributed by atoms with Gasteiger partial charge >= 0.3 is 5.97 Å². The second-order valence-electron chi connectivity index (χ2n) is 7.36. The number of anilines is 1. The Morgan fingerprint density at radius 2 is 1.55 bits per heavy atom. The van der Waals surface area contributed by atoms with Crippen molar-refractivity contribution in [3.63, 3.8) is 0 Å². The standard InChI is InChI=1S/C23H26N2O4/c26-21(24-15-14-16-8-2-1-3-9-16)19-12-6-7-13-20(19)25-22(27)17-10-4-5-11-18(17)23(28)29/h1-3,6-9,12-13,17-18H,4-5,10-11,14-15H2,(H,24,26)(H,25,27)(H,28,29)/t17-,18-/m1/s1. The molecule has 0 heterocycles. The number of para-hydroxylation sites is 1. The average Bonchev–Trinajstić information content (AvgIpc) is 2.74. The van der Waals surface area contributed by atoms with Crippen LogP contribution >= 0.6 is 0 Å². The molecule has 0 radical (unpaired) electrons. The van der Waals surface area contributed by atoms with Crippen LogP contribution in [0.1, 0.15) is 41.6 Å². The van der Waals surface area contributed by atoms with Gasteiger partial charge in [0.25, 0.3) is 5.91 Å². The molecule has 0 aromatic heterocycles. The second kappa shape index (κ2) is 9.87. The summed E-state index contributed by atoms with van der Waals surface area (Å²) in [6.07, 6.45) is 3.43. The Balaban J connectivity index is 1.64. The molecule has 3 rings (SSSR count). The highest BCUT2D eigenvalue weighted by molar-refractivity contribution is 6.04. The fourth-order valence-electron chi connectivity index (χ4n) is 3.82. The third-order valence-electron chi connectivity index (χ3n) is 5.39. The Morgan fingerprint density at radius 3 is 2.28 bits per heavy atom. The van der Waals surface area contributed by atoms with Crippen molar-refractivity contribution in [3.8, 4) is 0 Å². The van der Waals surface area contributed by atoms with Gasteiger partial charge in [0.2, 0.25) is 5.91 Å². The minimum absolute atomic E-state index is 0.268. The number of hydrogen-bond acceptors (Lipinski definition) is 3. The number of carboxylic acids is 1. The van der Waals surface area contributed by atoms with Gasteiger partial charge < -0.3 is 15.7 Å². The minimum atomic E-state index is -0.934. The van der Waals surface area contributed by atoms with Gasteiger partial charge in [-0.05, 0) is 37.0 Å². The third-order valence-corrected chi connectivity index (χ3v) is 5.39. The molecule has 3 N–H and O–H groups in total. The highest BCUT2D eigenvalue weighted by Crippen LogP contribution is 2.31. The van der Waals surface area contributed by atoms with E-state index in [0.29, 0.717) is 37.1 Å². The molecule has 6 nitrogen and oxygen atoms in total. The van der Waals surface area contributed by atoms with Crippen LogP contribution in [-0.4, -0.2) is 29.4 Å². The molecule has 1 saturated carbocycles. The number of benzene rings is 2. The van der Waals surface area contributed by atoms with Gasteiger partial charge in [0.05, 0.1) is 23.1 Å². The van der Waals surface area contributed by atoms with Gasteiger partial charge in [0.1, 0.15) is 0 Å². The molecule has 0 saturated heterocycles. The zero-order chi connectivity index (χ0) is 20.6. The number of carbonyl (C=O) groups excluding carboxylic acids is 2. The van der Waals surface area contributed by atoms with Crippen molar-refractivity contribution in [3.05, 3.63) is 65.7 Å². The topological polar surface area (TPSA) is 95.5 Å². The Morgan fingerprint density at radius 1 is 0.897 bits per heavy atom. The first kappa shape index (κ1) is 20.6. The van der Waals surface area contributed by atoms with E-state index in [1.54, 1.807) is 24.3 Å². The van der Waals surface area contributed by atoms with Gasteiger partial charge in [0, 0.05) is 6.54 Å². The molecule has 2 aromatic rings. The molecule has 6 heteroatoms. The highest BCUT2D eigenvalue weighted by Gasteiger charge is 2.36. The first-order valence-electron chi connectivity index (χ1n) is 10.0. The van der Waals surface area contributed by atoms with Crippen molar-refractivity contribution >= 4 is 23.5 Å². The number of aliphatic carboxylic acids is 1. The van der Waals surface area contributed by atoms with E-state index >= 15 is 0 Å². The Kier molecular flexibility index (Phi) is 7.00. The fraction of sp³-hybridized carbons (Fsp3) is 0.348. The van der Waals surface area contributed by atoms with Crippen LogP contribution in [0.5, 0.6) is 0 Å². The molecular weight excluding hydrogens is 368 g/mol. The van der Waals surface area contributed by atoms with Gasteiger partial charge in [-0.15, -0.1) is 0 Å². The predicted molar refractivity (Wildman–Crippen MR) is 111 cm³/mol. The first-order chi connectivity index (χ1) is 14.1. The number of nitrogens with one attached hydrogen (secondary N) is 2. The van der Waals surface area contributed by atoms with Gasteiger partial charge in [-0.25, -0.2) is 0 Å². The number of carboxylic acid groups (broad SMARTS) is 1. The summed E-state index contributed by atoms with van der Waals surface area (Å²) in [6, 6.07) is 16.7. The van der Waals surface area contributed by atoms with E-state index in [2.05, 4.69) is 10.6 Å². The molecule has 1 fully saturated rings. The molecule has 2 aromatic carbocycles. The molecule has 0 bridgehead atoms. The van der Waals surface area contributed by atoms with Gasteiger partial charge in [-0.2, -0.15) is 0 Å². The van der Waals surface area contributed by atoms with E-state index in [1.807, 2.05) is 30.3 Å². The molecule has 29 heavy (non-hydrogen) atoms. The van der Waals surface area contributed by atoms with E-state index in [0.717, 1.165) is 18.4 Å². The van der Waals surface area contributed by atoms with E-state index in [-0.39, 0.29) is 11.8 Å². The molecule has 1 aliphatic carbocycles. The summed E-state index contributed by atoms with van der Waals surface area (Å²) in [4.78, 5) is 36.9. The molecule has 1 aliphatic rings. The summed E-state index contributed by atoms with van der Waals surface area (Å²) in [6.45, 7) is 0.481. The van der Waals surface area contributed by atoms with Crippen LogP contribution in [0.4, 0.5) is 5.69 Å². The Labute approximate surface area is 170 Å². The van der Waals surface area contributed by atoms with Crippen LogP contribution < -0.4 is 10.6 Å². The van der Waals surface area contributed by atoms with Crippen LogP contribution in [0.15, 0.2) is 54.6 Å². The largest absolute Gasteiger partial charge is 0.481 e. The number of carbonyl (C=O) groups is 3. The first-order valence-corrected chi connectivity index (χ1v) is 10.0. The lowest BCUT2D eigenvalue weighted by atomic mass is 9.78. The van der Waals surface area contributed by atoms with Gasteiger partial charge in [-0.1, -0.05) is 55.3 Å². The third kappa shape index (κ3) is 5.44. The number of hydrogen-bond donors (Lipinski definition) is 3. The fourth-order valence-corrected chi connectivity index (χ4v) is 3.82. The van der Waals surface area contributed by atoms with Crippen molar-refractivity contribution in [1.82, 2.24) is 5.32 Å². The summed E-state index contributed by atoms with van der Waals surface area (Å²) < 4.78 is 0. The molecule has 0 aliphatic heterocycles. The van der Waals surface area contributed by atoms with E-state index in [9.17, 15) is 19.5 Å². The van der Waals surface area contributed by atoms with Crippen LogP contribution in [0.2, 0.25) is 0 Å². The van der Waals surface area contributed by atoms with Crippen LogP contribution in [0, 0.1) is 11.8 Å². The SMILES string of the molecule is O=C(NCCc1ccccc1)c1ccccc1NC(=O)[C@@H]1CCCC[C@H]1C(=O)O. The molecule has 2 atom stereocenters. The maximum Gasteiger partial charge on any atom is 0.307 e. The minimum Gasteiger partial charge on any atom is -0.481 e. The van der Waals surface area contributed by atoms with E-state index in [4.69, 9.17) is 0 Å². The lowest BCUT2D eigenvalue weighted by Gasteiger charge is -2.27. The maximum absolute atomic E-state index is 12.8. The number of rotatable bonds is 7. The summed E-state index contributed by atoms with van der Waals surface area (Å²) in [5.74, 6) is -2.78. The average molecular weight is 394 g/mol. The van der Waals surface area contributed by atoms with Crippen molar-refractivity contribution in [2.24, 2.45) is 11.8 Å². The van der Waals surface area contributed by atoms with Gasteiger partial charge in [0.15, 0.2) is 0 Å². The monoisotopic (exact) mass is 394 g/mol. The van der Waals surface area contributed by atoms with Crippen molar-refractivity contribution in [2.45, 2.75) is 32.1 Å². The summed E-state index contributed by atoms with van der Waals surface area (Å²) in [7, 11) is 0. The van der Waals surface area contributed by atoms with Crippen molar-refractivity contribution < 1.29 is 19.5 Å². The molecule has 0 unspecified atom stereocenters. The van der Waals surface area contributed by atoms with Crippen molar-refractivity contribution in [1.29, 1.82) is 0 Å². The molecular formula is C23H26N2O4. The normalized spacial score (nSPS) is 18.6. The zero-order valence-corrected chi connectivity index (χ0v) is 16.3.